The molecule has 1 aromatic heterocycles. The first-order valence-electron chi connectivity index (χ1n) is 5.25. The smallest absolute Gasteiger partial charge is 0.253 e. The van der Waals surface area contributed by atoms with Crippen molar-refractivity contribution in [3.05, 3.63) is 41.8 Å². The van der Waals surface area contributed by atoms with Gasteiger partial charge in [-0.3, -0.25) is 4.79 Å². The van der Waals surface area contributed by atoms with Crippen LogP contribution in [-0.4, -0.2) is 22.6 Å². The zero-order chi connectivity index (χ0) is 13.0. The number of carbonyl (C=O) groups is 1. The summed E-state index contributed by atoms with van der Waals surface area (Å²) in [7, 11) is 0. The number of hydrogen-bond acceptors (Lipinski definition) is 5. The Morgan fingerprint density at radius 3 is 3.06 bits per heavy atom. The molecule has 0 saturated heterocycles. The molecule has 1 heterocycles. The van der Waals surface area contributed by atoms with Gasteiger partial charge in [0.25, 0.3) is 5.91 Å². The monoisotopic (exact) mass is 250 g/mol. The number of rotatable bonds is 4. The minimum Gasteiger partial charge on any atom is -0.398 e. The molecule has 0 spiro atoms. The van der Waals surface area contributed by atoms with Crippen molar-refractivity contribution < 1.29 is 13.7 Å². The van der Waals surface area contributed by atoms with E-state index in [1.54, 1.807) is 0 Å². The minimum atomic E-state index is -0.508. The molecule has 18 heavy (non-hydrogen) atoms. The summed E-state index contributed by atoms with van der Waals surface area (Å²) in [5.41, 5.74) is 5.93. The molecular weight excluding hydrogens is 239 g/mol. The van der Waals surface area contributed by atoms with Crippen molar-refractivity contribution in [2.24, 2.45) is 0 Å². The Kier molecular flexibility index (Phi) is 3.52. The lowest BCUT2D eigenvalue weighted by Crippen LogP contribution is -2.26. The van der Waals surface area contributed by atoms with Gasteiger partial charge in [0.2, 0.25) is 5.89 Å². The lowest BCUT2D eigenvalue weighted by Gasteiger charge is -2.06. The zero-order valence-electron chi connectivity index (χ0n) is 9.39. The normalized spacial score (nSPS) is 10.3. The van der Waals surface area contributed by atoms with E-state index in [0.29, 0.717) is 18.9 Å². The van der Waals surface area contributed by atoms with Crippen LogP contribution in [0.15, 0.2) is 29.0 Å². The summed E-state index contributed by atoms with van der Waals surface area (Å²) in [6, 6.07) is 3.64. The SMILES string of the molecule is Nc1ccc(F)cc1C(=O)NCCc1ncno1. The van der Waals surface area contributed by atoms with Gasteiger partial charge in [-0.2, -0.15) is 4.98 Å². The maximum Gasteiger partial charge on any atom is 0.253 e. The quantitative estimate of drug-likeness (QED) is 0.781. The number of halogens is 1. The first kappa shape index (κ1) is 12.0. The number of nitrogen functional groups attached to an aromatic ring is 1. The summed E-state index contributed by atoms with van der Waals surface area (Å²) in [6.07, 6.45) is 1.68. The summed E-state index contributed by atoms with van der Waals surface area (Å²) in [5.74, 6) is -0.528. The Labute approximate surface area is 102 Å². The molecule has 0 fully saturated rings. The Bertz CT molecular complexity index is 542. The van der Waals surface area contributed by atoms with Gasteiger partial charge in [0.15, 0.2) is 6.33 Å². The van der Waals surface area contributed by atoms with Crippen LogP contribution >= 0.6 is 0 Å². The van der Waals surface area contributed by atoms with Crippen molar-refractivity contribution in [3.8, 4) is 0 Å². The fourth-order valence-corrected chi connectivity index (χ4v) is 1.41. The highest BCUT2D eigenvalue weighted by molar-refractivity contribution is 5.99. The lowest BCUT2D eigenvalue weighted by molar-refractivity contribution is 0.0954. The number of aromatic nitrogens is 2. The number of amides is 1. The third-order valence-electron chi connectivity index (χ3n) is 2.29. The predicted octanol–water partition coefficient (Wildman–Crippen LogP) is 0.763. The molecule has 0 bridgehead atoms. The van der Waals surface area contributed by atoms with Gasteiger partial charge in [0.05, 0.1) is 5.56 Å². The molecule has 0 radical (unpaired) electrons. The standard InChI is InChI=1S/C11H11FN4O2/c12-7-1-2-9(13)8(5-7)11(17)14-4-3-10-15-6-16-18-10/h1-2,5-6H,3-4,13H2,(H,14,17). The maximum atomic E-state index is 13.0. The second-order valence-corrected chi connectivity index (χ2v) is 3.57. The number of nitrogens with two attached hydrogens (primary N) is 1. The number of carbonyl (C=O) groups excluding carboxylic acids is 1. The summed E-state index contributed by atoms with van der Waals surface area (Å²) in [6.45, 7) is 0.303. The Morgan fingerprint density at radius 2 is 2.33 bits per heavy atom. The van der Waals surface area contributed by atoms with Crippen molar-refractivity contribution in [2.45, 2.75) is 6.42 Å². The van der Waals surface area contributed by atoms with Gasteiger partial charge in [-0.15, -0.1) is 0 Å². The summed E-state index contributed by atoms with van der Waals surface area (Å²) >= 11 is 0. The van der Waals surface area contributed by atoms with E-state index in [1.165, 1.54) is 18.5 Å². The highest BCUT2D eigenvalue weighted by Gasteiger charge is 2.10. The third-order valence-corrected chi connectivity index (χ3v) is 2.29. The van der Waals surface area contributed by atoms with Gasteiger partial charge in [0.1, 0.15) is 5.82 Å². The van der Waals surface area contributed by atoms with Gasteiger partial charge in [-0.25, -0.2) is 4.39 Å². The van der Waals surface area contributed by atoms with Gasteiger partial charge in [-0.1, -0.05) is 5.16 Å². The van der Waals surface area contributed by atoms with E-state index in [1.807, 2.05) is 0 Å². The molecule has 7 heteroatoms. The van der Waals surface area contributed by atoms with Crippen LogP contribution in [0.1, 0.15) is 16.2 Å². The molecule has 6 nitrogen and oxygen atoms in total. The molecule has 0 unspecified atom stereocenters. The molecule has 1 aromatic carbocycles. The van der Waals surface area contributed by atoms with Crippen LogP contribution in [0.3, 0.4) is 0 Å². The Morgan fingerprint density at radius 1 is 1.50 bits per heavy atom. The zero-order valence-corrected chi connectivity index (χ0v) is 9.39. The fourth-order valence-electron chi connectivity index (χ4n) is 1.41. The van der Waals surface area contributed by atoms with E-state index in [4.69, 9.17) is 10.3 Å². The Balaban J connectivity index is 1.93. The topological polar surface area (TPSA) is 94.0 Å². The van der Waals surface area contributed by atoms with Crippen LogP contribution in [0, 0.1) is 5.82 Å². The predicted molar refractivity (Wildman–Crippen MR) is 61.1 cm³/mol. The van der Waals surface area contributed by atoms with Crippen LogP contribution in [0.5, 0.6) is 0 Å². The van der Waals surface area contributed by atoms with E-state index < -0.39 is 11.7 Å². The minimum absolute atomic E-state index is 0.112. The number of nitrogens with one attached hydrogen (secondary N) is 1. The van der Waals surface area contributed by atoms with Crippen molar-refractivity contribution >= 4 is 11.6 Å². The summed E-state index contributed by atoms with van der Waals surface area (Å²) in [4.78, 5) is 15.5. The highest BCUT2D eigenvalue weighted by Crippen LogP contribution is 2.12. The van der Waals surface area contributed by atoms with Gasteiger partial charge < -0.3 is 15.6 Å². The van der Waals surface area contributed by atoms with E-state index in [9.17, 15) is 9.18 Å². The Hall–Kier alpha value is -2.44. The summed E-state index contributed by atoms with van der Waals surface area (Å²) < 4.78 is 17.8. The van der Waals surface area contributed by atoms with Crippen LogP contribution < -0.4 is 11.1 Å². The molecule has 1 amide bonds. The highest BCUT2D eigenvalue weighted by atomic mass is 19.1. The average molecular weight is 250 g/mol. The van der Waals surface area contributed by atoms with Crippen LogP contribution in [0.25, 0.3) is 0 Å². The van der Waals surface area contributed by atoms with Crippen molar-refractivity contribution in [1.82, 2.24) is 15.5 Å². The van der Waals surface area contributed by atoms with E-state index in [-0.39, 0.29) is 11.3 Å². The van der Waals surface area contributed by atoms with Crippen molar-refractivity contribution in [2.75, 3.05) is 12.3 Å². The third kappa shape index (κ3) is 2.82. The second kappa shape index (κ2) is 5.26. The van der Waals surface area contributed by atoms with Crippen molar-refractivity contribution in [3.63, 3.8) is 0 Å². The molecule has 2 rings (SSSR count). The van der Waals surface area contributed by atoms with Crippen LogP contribution in [0.2, 0.25) is 0 Å². The van der Waals surface area contributed by atoms with Gasteiger partial charge in [0, 0.05) is 18.7 Å². The van der Waals surface area contributed by atoms with E-state index in [0.717, 1.165) is 6.07 Å². The molecule has 0 aliphatic rings. The molecular formula is C11H11FN4O2. The fraction of sp³-hybridized carbons (Fsp3) is 0.182. The molecule has 0 aliphatic carbocycles. The number of nitrogens with zero attached hydrogens (tertiary/aromatic N) is 2. The molecule has 0 aliphatic heterocycles. The van der Waals surface area contributed by atoms with Crippen LogP contribution in [-0.2, 0) is 6.42 Å². The summed E-state index contributed by atoms with van der Waals surface area (Å²) in [5, 5.41) is 6.03. The van der Waals surface area contributed by atoms with E-state index in [2.05, 4.69) is 15.5 Å². The van der Waals surface area contributed by atoms with Crippen molar-refractivity contribution in [1.29, 1.82) is 0 Å². The maximum absolute atomic E-state index is 13.0. The van der Waals surface area contributed by atoms with Gasteiger partial charge in [-0.05, 0) is 18.2 Å². The molecule has 3 N–H and O–H groups in total. The lowest BCUT2D eigenvalue weighted by atomic mass is 10.1. The first-order valence-corrected chi connectivity index (χ1v) is 5.25. The molecule has 0 saturated carbocycles. The molecule has 0 atom stereocenters. The molecule has 94 valence electrons. The number of hydrogen-bond donors (Lipinski definition) is 2. The average Bonchev–Trinajstić information content (AvgIpc) is 2.85. The largest absolute Gasteiger partial charge is 0.398 e. The van der Waals surface area contributed by atoms with E-state index >= 15 is 0 Å². The second-order valence-electron chi connectivity index (χ2n) is 3.57. The van der Waals surface area contributed by atoms with Crippen LogP contribution in [0.4, 0.5) is 10.1 Å². The van der Waals surface area contributed by atoms with Gasteiger partial charge >= 0.3 is 0 Å². The number of anilines is 1. The first-order chi connectivity index (χ1) is 8.66. The molecule has 2 aromatic rings. The number of benzene rings is 1.